The minimum Gasteiger partial charge on any atom is -1.00 e. The fraction of sp³-hybridized carbons (Fsp3) is 0.600. The van der Waals surface area contributed by atoms with Crippen LogP contribution in [-0.2, 0) is 0 Å². The Balaban J connectivity index is -0.000000120. The van der Waals surface area contributed by atoms with Crippen LogP contribution in [0.4, 0.5) is 0 Å². The first-order valence-electron chi connectivity index (χ1n) is 2.24. The normalized spacial score (nSPS) is 18.1. The molecule has 0 aliphatic heterocycles. The summed E-state index contributed by atoms with van der Waals surface area (Å²) in [7, 11) is 0. The van der Waals surface area contributed by atoms with E-state index in [-0.39, 0.29) is 25.9 Å². The number of hydrogen-bond donors (Lipinski definition) is 0. The van der Waals surface area contributed by atoms with Crippen molar-refractivity contribution in [3.8, 4) is 0 Å². The van der Waals surface area contributed by atoms with Gasteiger partial charge in [0.1, 0.15) is 0 Å². The van der Waals surface area contributed by atoms with E-state index in [2.05, 4.69) is 6.08 Å². The summed E-state index contributed by atoms with van der Waals surface area (Å²) >= 11 is 5.57. The van der Waals surface area contributed by atoms with Gasteiger partial charge in [0, 0.05) is 5.03 Å². The Morgan fingerprint density at radius 1 is 1.71 bits per heavy atom. The molecular formula is C5H9ClMg. The Bertz CT molecular complexity index is 85.0. The Labute approximate surface area is 68.0 Å². The van der Waals surface area contributed by atoms with Crippen molar-refractivity contribution >= 4 is 34.7 Å². The van der Waals surface area contributed by atoms with Gasteiger partial charge in [-0.1, -0.05) is 17.7 Å². The van der Waals surface area contributed by atoms with Gasteiger partial charge in [0.05, 0.1) is 0 Å². The second-order valence-electron chi connectivity index (χ2n) is 1.54. The summed E-state index contributed by atoms with van der Waals surface area (Å²) in [4.78, 5) is 0. The Hall–Kier alpha value is 0.796. The standard InChI is InChI=1S/C5H7Cl.Mg.2H/c6-5-3-1-2-4-5;;;/h3H,1-2,4H2;;;/q;+2;2*-1. The van der Waals surface area contributed by atoms with E-state index in [1.807, 2.05) is 0 Å². The predicted molar refractivity (Wildman–Crippen MR) is 35.8 cm³/mol. The van der Waals surface area contributed by atoms with E-state index in [1.165, 1.54) is 12.8 Å². The van der Waals surface area contributed by atoms with Gasteiger partial charge in [0.15, 0.2) is 0 Å². The Kier molecular flexibility index (Phi) is 4.18. The third kappa shape index (κ3) is 2.57. The first-order chi connectivity index (χ1) is 2.89. The van der Waals surface area contributed by atoms with Crippen molar-refractivity contribution in [3.63, 3.8) is 0 Å². The van der Waals surface area contributed by atoms with Crippen LogP contribution in [0.15, 0.2) is 11.1 Å². The first-order valence-corrected chi connectivity index (χ1v) is 2.62. The van der Waals surface area contributed by atoms with Gasteiger partial charge in [0.2, 0.25) is 0 Å². The van der Waals surface area contributed by atoms with Gasteiger partial charge < -0.3 is 2.85 Å². The summed E-state index contributed by atoms with van der Waals surface area (Å²) in [6.45, 7) is 0. The molecule has 0 bridgehead atoms. The van der Waals surface area contributed by atoms with E-state index in [9.17, 15) is 0 Å². The Morgan fingerprint density at radius 3 is 2.57 bits per heavy atom. The number of rotatable bonds is 0. The smallest absolute Gasteiger partial charge is 1.00 e. The zero-order valence-electron chi connectivity index (χ0n) is 6.28. The minimum absolute atomic E-state index is 0. The molecule has 0 fully saturated rings. The average molecular weight is 129 g/mol. The van der Waals surface area contributed by atoms with Crippen molar-refractivity contribution in [1.29, 1.82) is 0 Å². The number of hydrogen-bond acceptors (Lipinski definition) is 0. The molecule has 2 heteroatoms. The SMILES string of the molecule is ClC1=CCCC1.[H-].[H-].[Mg+2]. The van der Waals surface area contributed by atoms with Gasteiger partial charge in [-0.2, -0.15) is 0 Å². The van der Waals surface area contributed by atoms with Crippen LogP contribution < -0.4 is 0 Å². The molecule has 1 aliphatic carbocycles. The van der Waals surface area contributed by atoms with Crippen molar-refractivity contribution in [1.82, 2.24) is 0 Å². The van der Waals surface area contributed by atoms with Crippen LogP contribution >= 0.6 is 11.6 Å². The van der Waals surface area contributed by atoms with E-state index < -0.39 is 0 Å². The maximum absolute atomic E-state index is 5.57. The number of halogens is 1. The van der Waals surface area contributed by atoms with Gasteiger partial charge in [-0.25, -0.2) is 0 Å². The molecule has 38 valence electrons. The first kappa shape index (κ1) is 7.80. The Morgan fingerprint density at radius 2 is 2.43 bits per heavy atom. The van der Waals surface area contributed by atoms with E-state index in [0.717, 1.165) is 11.5 Å². The maximum Gasteiger partial charge on any atom is 2.00 e. The van der Waals surface area contributed by atoms with Crippen LogP contribution in [0.2, 0.25) is 0 Å². The summed E-state index contributed by atoms with van der Waals surface area (Å²) in [5.41, 5.74) is 0. The van der Waals surface area contributed by atoms with Crippen molar-refractivity contribution in [2.45, 2.75) is 19.3 Å². The second-order valence-corrected chi connectivity index (χ2v) is 2.03. The zero-order valence-corrected chi connectivity index (χ0v) is 6.45. The molecular weight excluding hydrogens is 120 g/mol. The molecule has 0 spiro atoms. The average Bonchev–Trinajstić information content (AvgIpc) is 1.86. The van der Waals surface area contributed by atoms with Crippen molar-refractivity contribution < 1.29 is 2.85 Å². The second kappa shape index (κ2) is 3.76. The molecule has 0 aromatic rings. The van der Waals surface area contributed by atoms with Crippen LogP contribution in [0.25, 0.3) is 0 Å². The molecule has 0 radical (unpaired) electrons. The monoisotopic (exact) mass is 128 g/mol. The molecule has 0 unspecified atom stereocenters. The molecule has 0 atom stereocenters. The fourth-order valence-electron chi connectivity index (χ4n) is 0.632. The van der Waals surface area contributed by atoms with Gasteiger partial charge in [-0.3, -0.25) is 0 Å². The summed E-state index contributed by atoms with van der Waals surface area (Å²) in [5, 5.41) is 1.05. The molecule has 0 saturated heterocycles. The van der Waals surface area contributed by atoms with Crippen molar-refractivity contribution in [2.24, 2.45) is 0 Å². The molecule has 0 aromatic carbocycles. The summed E-state index contributed by atoms with van der Waals surface area (Å²) in [6.07, 6.45) is 5.65. The van der Waals surface area contributed by atoms with E-state index in [1.54, 1.807) is 0 Å². The van der Waals surface area contributed by atoms with Gasteiger partial charge in [0.25, 0.3) is 0 Å². The molecule has 0 saturated carbocycles. The van der Waals surface area contributed by atoms with E-state index in [0.29, 0.717) is 0 Å². The quantitative estimate of drug-likeness (QED) is 0.439. The molecule has 0 nitrogen and oxygen atoms in total. The van der Waals surface area contributed by atoms with Gasteiger partial charge in [-0.05, 0) is 19.3 Å². The van der Waals surface area contributed by atoms with E-state index in [4.69, 9.17) is 11.6 Å². The van der Waals surface area contributed by atoms with E-state index >= 15 is 0 Å². The maximum atomic E-state index is 5.57. The predicted octanol–water partition coefficient (Wildman–Crippen LogP) is 2.14. The fourth-order valence-corrected chi connectivity index (χ4v) is 0.874. The van der Waals surface area contributed by atoms with Gasteiger partial charge >= 0.3 is 23.1 Å². The molecule has 0 N–H and O–H groups in total. The molecule has 7 heavy (non-hydrogen) atoms. The van der Waals surface area contributed by atoms with Crippen LogP contribution in [0.1, 0.15) is 22.1 Å². The molecule has 0 heterocycles. The minimum atomic E-state index is 0. The zero-order chi connectivity index (χ0) is 4.41. The molecule has 0 aromatic heterocycles. The summed E-state index contributed by atoms with van der Waals surface area (Å²) < 4.78 is 0. The summed E-state index contributed by atoms with van der Waals surface area (Å²) in [6, 6.07) is 0. The third-order valence-corrected chi connectivity index (χ3v) is 1.33. The number of allylic oxidation sites excluding steroid dienone is 2. The molecule has 0 amide bonds. The molecule has 1 aliphatic rings. The van der Waals surface area contributed by atoms with Gasteiger partial charge in [-0.15, -0.1) is 0 Å². The topological polar surface area (TPSA) is 0 Å². The largest absolute Gasteiger partial charge is 2.00 e. The van der Waals surface area contributed by atoms with Crippen molar-refractivity contribution in [2.75, 3.05) is 0 Å². The molecule has 1 rings (SSSR count). The van der Waals surface area contributed by atoms with Crippen LogP contribution in [0.3, 0.4) is 0 Å². The third-order valence-electron chi connectivity index (χ3n) is 0.986. The summed E-state index contributed by atoms with van der Waals surface area (Å²) in [5.74, 6) is 0. The van der Waals surface area contributed by atoms with Crippen LogP contribution in [0, 0.1) is 0 Å². The van der Waals surface area contributed by atoms with Crippen molar-refractivity contribution in [3.05, 3.63) is 11.1 Å². The van der Waals surface area contributed by atoms with Crippen LogP contribution in [-0.4, -0.2) is 23.1 Å². The van der Waals surface area contributed by atoms with Crippen LogP contribution in [0.5, 0.6) is 0 Å².